The minimum absolute atomic E-state index is 0.0652. The van der Waals surface area contributed by atoms with E-state index in [9.17, 15) is 17.6 Å². The Labute approximate surface area is 184 Å². The first-order chi connectivity index (χ1) is 14.9. The summed E-state index contributed by atoms with van der Waals surface area (Å²) in [5.74, 6) is -0.759. The summed E-state index contributed by atoms with van der Waals surface area (Å²) in [4.78, 5) is 16.0. The van der Waals surface area contributed by atoms with Crippen LogP contribution >= 0.6 is 11.3 Å². The van der Waals surface area contributed by atoms with Gasteiger partial charge in [-0.15, -0.1) is 11.3 Å². The Morgan fingerprint density at radius 3 is 2.48 bits per heavy atom. The lowest BCUT2D eigenvalue weighted by atomic mass is 10.1. The van der Waals surface area contributed by atoms with Gasteiger partial charge < -0.3 is 9.64 Å². The van der Waals surface area contributed by atoms with Gasteiger partial charge in [-0.1, -0.05) is 12.1 Å². The number of carbonyl (C=O) groups is 1. The Morgan fingerprint density at radius 2 is 1.81 bits per heavy atom. The Kier molecular flexibility index (Phi) is 6.47. The number of hydrogen-bond donors (Lipinski definition) is 0. The van der Waals surface area contributed by atoms with Crippen LogP contribution in [0.2, 0.25) is 0 Å². The highest BCUT2D eigenvalue weighted by molar-refractivity contribution is 7.89. The molecular weight excluding hydrogens is 439 g/mol. The third-order valence-electron chi connectivity index (χ3n) is 4.97. The molecule has 9 heteroatoms. The molecule has 0 aliphatic carbocycles. The standard InChI is InChI=1S/C22H21FN2O4S2/c23-18-6-8-19(9-7-18)25(16-20-4-2-14-30-20)22(26)17-3-1-5-21(15-17)31(27,28)24-10-12-29-13-11-24/h1-9,14-15H,10-13,16H2. The molecule has 1 aromatic heterocycles. The summed E-state index contributed by atoms with van der Waals surface area (Å²) in [6, 6.07) is 15.5. The fourth-order valence-corrected chi connectivity index (χ4v) is 5.49. The minimum Gasteiger partial charge on any atom is -0.379 e. The summed E-state index contributed by atoms with van der Waals surface area (Å²) in [5, 5.41) is 1.91. The Hall–Kier alpha value is -2.59. The molecule has 4 rings (SSSR count). The molecule has 0 radical (unpaired) electrons. The topological polar surface area (TPSA) is 66.9 Å². The smallest absolute Gasteiger partial charge is 0.258 e. The second kappa shape index (κ2) is 9.27. The molecular formula is C22H21FN2O4S2. The maximum absolute atomic E-state index is 13.4. The van der Waals surface area contributed by atoms with Crippen LogP contribution in [0.3, 0.4) is 0 Å². The number of amides is 1. The number of benzene rings is 2. The largest absolute Gasteiger partial charge is 0.379 e. The molecule has 2 aromatic carbocycles. The quantitative estimate of drug-likeness (QED) is 0.562. The number of ether oxygens (including phenoxy) is 1. The molecule has 162 valence electrons. The molecule has 1 saturated heterocycles. The predicted octanol–water partition coefficient (Wildman–Crippen LogP) is 3.76. The molecule has 0 N–H and O–H groups in total. The summed E-state index contributed by atoms with van der Waals surface area (Å²) in [7, 11) is -3.73. The van der Waals surface area contributed by atoms with Crippen molar-refractivity contribution in [1.29, 1.82) is 0 Å². The van der Waals surface area contributed by atoms with Gasteiger partial charge in [-0.25, -0.2) is 12.8 Å². The van der Waals surface area contributed by atoms with Crippen molar-refractivity contribution >= 4 is 33.0 Å². The zero-order chi connectivity index (χ0) is 21.8. The van der Waals surface area contributed by atoms with Gasteiger partial charge in [-0.05, 0) is 53.9 Å². The zero-order valence-corrected chi connectivity index (χ0v) is 18.2. The van der Waals surface area contributed by atoms with Gasteiger partial charge in [0.05, 0.1) is 24.7 Å². The van der Waals surface area contributed by atoms with Crippen LogP contribution in [-0.2, 0) is 21.3 Å². The Balaban J connectivity index is 1.67. The van der Waals surface area contributed by atoms with E-state index in [0.29, 0.717) is 25.4 Å². The maximum atomic E-state index is 13.4. The fourth-order valence-electron chi connectivity index (χ4n) is 3.34. The van der Waals surface area contributed by atoms with Crippen LogP contribution in [0, 0.1) is 5.82 Å². The van der Waals surface area contributed by atoms with E-state index in [4.69, 9.17) is 4.74 Å². The summed E-state index contributed by atoms with van der Waals surface area (Å²) < 4.78 is 46.0. The molecule has 1 fully saturated rings. The average molecular weight is 461 g/mol. The van der Waals surface area contributed by atoms with Crippen molar-refractivity contribution < 1.29 is 22.3 Å². The Morgan fingerprint density at radius 1 is 1.06 bits per heavy atom. The number of hydrogen-bond acceptors (Lipinski definition) is 5. The minimum atomic E-state index is -3.73. The number of halogens is 1. The van der Waals surface area contributed by atoms with Gasteiger partial charge in [-0.3, -0.25) is 4.79 Å². The predicted molar refractivity (Wildman–Crippen MR) is 117 cm³/mol. The molecule has 1 amide bonds. The number of nitrogens with zero attached hydrogens (tertiary/aromatic N) is 2. The Bertz CT molecular complexity index is 1140. The molecule has 3 aromatic rings. The van der Waals surface area contributed by atoms with Crippen LogP contribution in [0.1, 0.15) is 15.2 Å². The highest BCUT2D eigenvalue weighted by Crippen LogP contribution is 2.24. The summed E-state index contributed by atoms with van der Waals surface area (Å²) in [5.41, 5.74) is 0.774. The molecule has 0 atom stereocenters. The van der Waals surface area contributed by atoms with Crippen molar-refractivity contribution in [3.63, 3.8) is 0 Å². The number of thiophene rings is 1. The van der Waals surface area contributed by atoms with Crippen molar-refractivity contribution in [1.82, 2.24) is 4.31 Å². The summed E-state index contributed by atoms with van der Waals surface area (Å²) in [6.45, 7) is 1.54. The van der Waals surface area contributed by atoms with Crippen molar-refractivity contribution in [2.45, 2.75) is 11.4 Å². The number of anilines is 1. The van der Waals surface area contributed by atoms with Gasteiger partial charge in [0.2, 0.25) is 10.0 Å². The molecule has 31 heavy (non-hydrogen) atoms. The lowest BCUT2D eigenvalue weighted by molar-refractivity contribution is 0.0730. The van der Waals surface area contributed by atoms with Gasteiger partial charge in [0.1, 0.15) is 5.82 Å². The number of rotatable bonds is 6. The van der Waals surface area contributed by atoms with E-state index in [1.807, 2.05) is 17.5 Å². The second-order valence-electron chi connectivity index (χ2n) is 6.99. The fraction of sp³-hybridized carbons (Fsp3) is 0.227. The molecule has 1 aliphatic heterocycles. The number of morpholine rings is 1. The van der Waals surface area contributed by atoms with Crippen molar-refractivity contribution in [2.75, 3.05) is 31.2 Å². The molecule has 0 saturated carbocycles. The number of sulfonamides is 1. The lowest BCUT2D eigenvalue weighted by Gasteiger charge is -2.26. The number of carbonyl (C=O) groups excluding carboxylic acids is 1. The van der Waals surface area contributed by atoms with Gasteiger partial charge >= 0.3 is 0 Å². The van der Waals surface area contributed by atoms with Gasteiger partial charge in [0.25, 0.3) is 5.91 Å². The van der Waals surface area contributed by atoms with E-state index in [-0.39, 0.29) is 29.5 Å². The van der Waals surface area contributed by atoms with E-state index in [2.05, 4.69) is 0 Å². The molecule has 6 nitrogen and oxygen atoms in total. The normalized spacial score (nSPS) is 15.0. The van der Waals surface area contributed by atoms with E-state index >= 15 is 0 Å². The van der Waals surface area contributed by atoms with Crippen LogP contribution < -0.4 is 4.90 Å². The average Bonchev–Trinajstić information content (AvgIpc) is 3.32. The lowest BCUT2D eigenvalue weighted by Crippen LogP contribution is -2.40. The van der Waals surface area contributed by atoms with Gasteiger partial charge in [0.15, 0.2) is 0 Å². The molecule has 2 heterocycles. The van der Waals surface area contributed by atoms with Gasteiger partial charge in [-0.2, -0.15) is 4.31 Å². The maximum Gasteiger partial charge on any atom is 0.258 e. The zero-order valence-electron chi connectivity index (χ0n) is 16.6. The monoisotopic (exact) mass is 460 g/mol. The third kappa shape index (κ3) is 4.85. The first-order valence-electron chi connectivity index (χ1n) is 9.73. The van der Waals surface area contributed by atoms with E-state index in [1.165, 1.54) is 56.9 Å². The second-order valence-corrected chi connectivity index (χ2v) is 9.96. The van der Waals surface area contributed by atoms with E-state index < -0.39 is 15.8 Å². The van der Waals surface area contributed by atoms with Crippen LogP contribution in [0.25, 0.3) is 0 Å². The third-order valence-corrected chi connectivity index (χ3v) is 7.72. The highest BCUT2D eigenvalue weighted by atomic mass is 32.2. The highest BCUT2D eigenvalue weighted by Gasteiger charge is 2.28. The molecule has 0 spiro atoms. The van der Waals surface area contributed by atoms with Crippen LogP contribution in [0.15, 0.2) is 70.9 Å². The van der Waals surface area contributed by atoms with Crippen LogP contribution in [0.5, 0.6) is 0 Å². The van der Waals surface area contributed by atoms with E-state index in [0.717, 1.165) is 4.88 Å². The van der Waals surface area contributed by atoms with E-state index in [1.54, 1.807) is 12.1 Å². The molecule has 1 aliphatic rings. The van der Waals surface area contributed by atoms with Gasteiger partial charge in [0, 0.05) is 29.2 Å². The van der Waals surface area contributed by atoms with Crippen molar-refractivity contribution in [3.05, 3.63) is 82.3 Å². The molecule has 0 bridgehead atoms. The van der Waals surface area contributed by atoms with Crippen molar-refractivity contribution in [3.8, 4) is 0 Å². The summed E-state index contributed by atoms with van der Waals surface area (Å²) in [6.07, 6.45) is 0. The first kappa shape index (κ1) is 21.6. The SMILES string of the molecule is O=C(c1cccc(S(=O)(=O)N2CCOCC2)c1)N(Cc1cccs1)c1ccc(F)cc1. The van der Waals surface area contributed by atoms with Crippen LogP contribution in [0.4, 0.5) is 10.1 Å². The summed E-state index contributed by atoms with van der Waals surface area (Å²) >= 11 is 1.51. The molecule has 0 unspecified atom stereocenters. The van der Waals surface area contributed by atoms with Crippen LogP contribution in [-0.4, -0.2) is 44.9 Å². The van der Waals surface area contributed by atoms with Crippen molar-refractivity contribution in [2.24, 2.45) is 0 Å². The first-order valence-corrected chi connectivity index (χ1v) is 12.0.